The molecule has 0 amide bonds. The topological polar surface area (TPSA) is 52.4 Å². The Morgan fingerprint density at radius 1 is 1.15 bits per heavy atom. The Hall–Kier alpha value is -2.60. The first-order valence-corrected chi connectivity index (χ1v) is 9.51. The van der Waals surface area contributed by atoms with Crippen molar-refractivity contribution >= 4 is 16.7 Å². The van der Waals surface area contributed by atoms with Crippen molar-refractivity contribution in [1.29, 1.82) is 0 Å². The first-order chi connectivity index (χ1) is 13.2. The number of aromatic nitrogens is 3. The quantitative estimate of drug-likeness (QED) is 0.669. The number of methoxy groups -OCH3 is 1. The number of hydrogen-bond donors (Lipinski definition) is 0. The molecule has 0 aliphatic carbocycles. The van der Waals surface area contributed by atoms with E-state index in [-0.39, 0.29) is 6.10 Å². The van der Waals surface area contributed by atoms with E-state index in [0.717, 1.165) is 49.7 Å². The van der Waals surface area contributed by atoms with E-state index in [0.29, 0.717) is 6.61 Å². The van der Waals surface area contributed by atoms with E-state index in [4.69, 9.17) is 9.47 Å². The Balaban J connectivity index is 1.42. The minimum absolute atomic E-state index is 0.229. The summed E-state index contributed by atoms with van der Waals surface area (Å²) < 4.78 is 13.8. The van der Waals surface area contributed by atoms with Crippen molar-refractivity contribution in [3.05, 3.63) is 48.5 Å². The molecule has 0 unspecified atom stereocenters. The van der Waals surface area contributed by atoms with Crippen LogP contribution in [-0.4, -0.2) is 47.4 Å². The Morgan fingerprint density at radius 3 is 2.78 bits per heavy atom. The standard InChI is InChI=1S/C21H26N4O2/c1-16-14-22-15-21(23-16)25-9-6-17(7-10-25)27-20-5-3-4-19-18(20)8-11-24(19)12-13-26-2/h3-5,8,11,14-15,17H,6-7,9-10,12-13H2,1-2H3. The van der Waals surface area contributed by atoms with Gasteiger partial charge in [0.15, 0.2) is 0 Å². The smallest absolute Gasteiger partial charge is 0.147 e. The predicted molar refractivity (Wildman–Crippen MR) is 106 cm³/mol. The van der Waals surface area contributed by atoms with Gasteiger partial charge in [0.05, 0.1) is 24.0 Å². The molecule has 1 saturated heterocycles. The van der Waals surface area contributed by atoms with E-state index in [9.17, 15) is 0 Å². The van der Waals surface area contributed by atoms with E-state index in [1.165, 1.54) is 10.9 Å². The zero-order valence-corrected chi connectivity index (χ0v) is 16.0. The normalized spacial score (nSPS) is 15.4. The fourth-order valence-electron chi connectivity index (χ4n) is 3.67. The summed E-state index contributed by atoms with van der Waals surface area (Å²) in [5.74, 6) is 1.93. The van der Waals surface area contributed by atoms with Crippen LogP contribution < -0.4 is 9.64 Å². The van der Waals surface area contributed by atoms with Gasteiger partial charge in [0.2, 0.25) is 0 Å². The molecule has 3 heterocycles. The highest BCUT2D eigenvalue weighted by atomic mass is 16.5. The second-order valence-corrected chi connectivity index (χ2v) is 7.01. The molecule has 0 atom stereocenters. The van der Waals surface area contributed by atoms with Gasteiger partial charge >= 0.3 is 0 Å². The summed E-state index contributed by atoms with van der Waals surface area (Å²) in [6.45, 7) is 5.40. The van der Waals surface area contributed by atoms with E-state index < -0.39 is 0 Å². The van der Waals surface area contributed by atoms with Crippen LogP contribution in [0.4, 0.5) is 5.82 Å². The molecule has 1 aromatic carbocycles. The number of piperidine rings is 1. The van der Waals surface area contributed by atoms with Crippen molar-refractivity contribution in [2.75, 3.05) is 31.7 Å². The van der Waals surface area contributed by atoms with E-state index in [1.807, 2.05) is 13.1 Å². The second-order valence-electron chi connectivity index (χ2n) is 7.01. The van der Waals surface area contributed by atoms with Gasteiger partial charge in [-0.25, -0.2) is 4.98 Å². The van der Waals surface area contributed by atoms with Crippen LogP contribution in [0.5, 0.6) is 5.75 Å². The Morgan fingerprint density at radius 2 is 2.00 bits per heavy atom. The third-order valence-electron chi connectivity index (χ3n) is 5.11. The van der Waals surface area contributed by atoms with Crippen LogP contribution in [0.3, 0.4) is 0 Å². The van der Waals surface area contributed by atoms with Crippen LogP contribution in [0.1, 0.15) is 18.5 Å². The molecule has 1 aliphatic heterocycles. The molecule has 0 saturated carbocycles. The number of aryl methyl sites for hydroxylation is 1. The van der Waals surface area contributed by atoms with Gasteiger partial charge in [-0.1, -0.05) is 6.07 Å². The lowest BCUT2D eigenvalue weighted by atomic mass is 10.1. The molecule has 0 N–H and O–H groups in total. The highest BCUT2D eigenvalue weighted by Crippen LogP contribution is 2.29. The van der Waals surface area contributed by atoms with Crippen molar-refractivity contribution in [3.63, 3.8) is 0 Å². The molecule has 27 heavy (non-hydrogen) atoms. The van der Waals surface area contributed by atoms with Gasteiger partial charge < -0.3 is 18.9 Å². The van der Waals surface area contributed by atoms with Gasteiger partial charge in [-0.15, -0.1) is 0 Å². The molecule has 4 rings (SSSR count). The largest absolute Gasteiger partial charge is 0.490 e. The molecule has 0 spiro atoms. The molecule has 1 aliphatic rings. The van der Waals surface area contributed by atoms with Crippen molar-refractivity contribution < 1.29 is 9.47 Å². The maximum atomic E-state index is 6.39. The average Bonchev–Trinajstić information content (AvgIpc) is 3.11. The summed E-state index contributed by atoms with van der Waals surface area (Å²) in [6.07, 6.45) is 7.94. The summed E-state index contributed by atoms with van der Waals surface area (Å²) in [6, 6.07) is 8.41. The van der Waals surface area contributed by atoms with Crippen molar-refractivity contribution in [2.24, 2.45) is 0 Å². The molecular formula is C21H26N4O2. The monoisotopic (exact) mass is 366 g/mol. The van der Waals surface area contributed by atoms with Gasteiger partial charge in [0.1, 0.15) is 17.7 Å². The maximum absolute atomic E-state index is 6.39. The van der Waals surface area contributed by atoms with Crippen LogP contribution in [-0.2, 0) is 11.3 Å². The van der Waals surface area contributed by atoms with Crippen molar-refractivity contribution in [1.82, 2.24) is 14.5 Å². The molecular weight excluding hydrogens is 340 g/mol. The van der Waals surface area contributed by atoms with Gasteiger partial charge in [-0.2, -0.15) is 0 Å². The first kappa shape index (κ1) is 17.8. The Labute approximate surface area is 159 Å². The van der Waals surface area contributed by atoms with Crippen LogP contribution >= 0.6 is 0 Å². The number of rotatable bonds is 6. The third-order valence-corrected chi connectivity index (χ3v) is 5.11. The molecule has 1 fully saturated rings. The third kappa shape index (κ3) is 3.90. The van der Waals surface area contributed by atoms with Gasteiger partial charge in [-0.3, -0.25) is 4.98 Å². The summed E-state index contributed by atoms with van der Waals surface area (Å²) in [5, 5.41) is 1.17. The number of nitrogens with zero attached hydrogens (tertiary/aromatic N) is 4. The van der Waals surface area contributed by atoms with E-state index in [1.54, 1.807) is 13.3 Å². The maximum Gasteiger partial charge on any atom is 0.147 e. The SMILES string of the molecule is COCCn1ccc2c(OC3CCN(c4cncc(C)n4)CC3)cccc21. The second kappa shape index (κ2) is 7.96. The van der Waals surface area contributed by atoms with Crippen LogP contribution in [0.15, 0.2) is 42.9 Å². The summed E-state index contributed by atoms with van der Waals surface area (Å²) in [5.41, 5.74) is 2.15. The number of hydrogen-bond acceptors (Lipinski definition) is 5. The highest BCUT2D eigenvalue weighted by Gasteiger charge is 2.22. The number of fused-ring (bicyclic) bond motifs is 1. The van der Waals surface area contributed by atoms with Crippen molar-refractivity contribution in [3.8, 4) is 5.75 Å². The summed E-state index contributed by atoms with van der Waals surface area (Å²) in [7, 11) is 1.73. The zero-order valence-electron chi connectivity index (χ0n) is 16.0. The number of benzene rings is 1. The van der Waals surface area contributed by atoms with Gasteiger partial charge in [-0.05, 0) is 25.1 Å². The van der Waals surface area contributed by atoms with Crippen LogP contribution in [0, 0.1) is 6.92 Å². The minimum atomic E-state index is 0.229. The first-order valence-electron chi connectivity index (χ1n) is 9.51. The van der Waals surface area contributed by atoms with Gasteiger partial charge in [0, 0.05) is 57.4 Å². The molecule has 6 nitrogen and oxygen atoms in total. The molecule has 2 aromatic heterocycles. The Bertz CT molecular complexity index is 900. The summed E-state index contributed by atoms with van der Waals surface area (Å²) in [4.78, 5) is 11.1. The molecule has 142 valence electrons. The van der Waals surface area contributed by atoms with Crippen LogP contribution in [0.25, 0.3) is 10.9 Å². The number of anilines is 1. The predicted octanol–water partition coefficient (Wildman–Crippen LogP) is 3.43. The summed E-state index contributed by atoms with van der Waals surface area (Å²) >= 11 is 0. The zero-order chi connectivity index (χ0) is 18.6. The highest BCUT2D eigenvalue weighted by molar-refractivity contribution is 5.86. The molecule has 3 aromatic rings. The van der Waals surface area contributed by atoms with Crippen molar-refractivity contribution in [2.45, 2.75) is 32.4 Å². The minimum Gasteiger partial charge on any atom is -0.490 e. The average molecular weight is 366 g/mol. The fourth-order valence-corrected chi connectivity index (χ4v) is 3.67. The lowest BCUT2D eigenvalue weighted by molar-refractivity contribution is 0.173. The van der Waals surface area contributed by atoms with E-state index >= 15 is 0 Å². The lowest BCUT2D eigenvalue weighted by Gasteiger charge is -2.33. The molecule has 0 radical (unpaired) electrons. The number of ether oxygens (including phenoxy) is 2. The molecule has 0 bridgehead atoms. The molecule has 6 heteroatoms. The Kier molecular flexibility index (Phi) is 5.25. The van der Waals surface area contributed by atoms with E-state index in [2.05, 4.69) is 49.9 Å². The fraction of sp³-hybridized carbons (Fsp3) is 0.429. The van der Waals surface area contributed by atoms with Gasteiger partial charge in [0.25, 0.3) is 0 Å². The van der Waals surface area contributed by atoms with Crippen LogP contribution in [0.2, 0.25) is 0 Å². The lowest BCUT2D eigenvalue weighted by Crippen LogP contribution is -2.38.